The van der Waals surface area contributed by atoms with Gasteiger partial charge in [0.05, 0.1) is 22.2 Å². The van der Waals surface area contributed by atoms with Gasteiger partial charge in [-0.15, -0.1) is 0 Å². The van der Waals surface area contributed by atoms with E-state index in [2.05, 4.69) is 144 Å². The van der Waals surface area contributed by atoms with Crippen LogP contribution in [0.5, 0.6) is 0 Å². The molecule has 0 saturated carbocycles. The Kier molecular flexibility index (Phi) is 4.61. The summed E-state index contributed by atoms with van der Waals surface area (Å²) in [5.41, 5.74) is 5.19. The maximum atomic E-state index is 5.40. The van der Waals surface area contributed by atoms with Crippen LogP contribution >= 0.6 is 0 Å². The van der Waals surface area contributed by atoms with E-state index in [-0.39, 0.29) is 0 Å². The zero-order chi connectivity index (χ0) is 26.9. The molecular weight excluding hydrogens is 498 g/mol. The van der Waals surface area contributed by atoms with Crippen molar-refractivity contribution in [3.63, 3.8) is 0 Å². The molecule has 0 atom stereocenters. The zero-order valence-corrected chi connectivity index (χ0v) is 22.1. The quantitative estimate of drug-likeness (QED) is 0.212. The Morgan fingerprint density at radius 3 is 1.83 bits per heavy atom. The van der Waals surface area contributed by atoms with Crippen molar-refractivity contribution in [3.05, 3.63) is 140 Å². The highest BCUT2D eigenvalue weighted by Gasteiger charge is 2.19. The van der Waals surface area contributed by atoms with Gasteiger partial charge >= 0.3 is 0 Å². The SMILES string of the molecule is c1ccc2cc3c(cc2c1)c1ccccc1n3-c1nc(-c2cc3ccccc3c3ccccc23)c2ccccc2n1. The first-order chi connectivity index (χ1) is 20.3. The van der Waals surface area contributed by atoms with Gasteiger partial charge in [0.1, 0.15) is 0 Å². The third-order valence-corrected chi connectivity index (χ3v) is 8.35. The fourth-order valence-electron chi connectivity index (χ4n) is 6.49. The molecule has 2 heterocycles. The van der Waals surface area contributed by atoms with Crippen molar-refractivity contribution in [3.8, 4) is 17.2 Å². The van der Waals surface area contributed by atoms with Crippen molar-refractivity contribution in [2.45, 2.75) is 0 Å². The molecular formula is C38H23N3. The van der Waals surface area contributed by atoms with Crippen LogP contribution in [0.1, 0.15) is 0 Å². The van der Waals surface area contributed by atoms with Crippen LogP contribution in [0.2, 0.25) is 0 Å². The first-order valence-electron chi connectivity index (χ1n) is 13.9. The summed E-state index contributed by atoms with van der Waals surface area (Å²) in [6.45, 7) is 0. The van der Waals surface area contributed by atoms with E-state index in [1.807, 2.05) is 0 Å². The Morgan fingerprint density at radius 1 is 0.390 bits per heavy atom. The minimum absolute atomic E-state index is 0.678. The molecule has 0 aliphatic carbocycles. The summed E-state index contributed by atoms with van der Waals surface area (Å²) in [6.07, 6.45) is 0. The molecule has 0 bridgehead atoms. The van der Waals surface area contributed by atoms with Crippen LogP contribution in [0.4, 0.5) is 0 Å². The second-order valence-corrected chi connectivity index (χ2v) is 10.6. The van der Waals surface area contributed by atoms with Crippen LogP contribution < -0.4 is 0 Å². The molecule has 0 saturated heterocycles. The molecule has 0 unspecified atom stereocenters. The van der Waals surface area contributed by atoms with Crippen LogP contribution in [-0.4, -0.2) is 14.5 Å². The van der Waals surface area contributed by atoms with Gasteiger partial charge in [0, 0.05) is 21.7 Å². The molecule has 9 rings (SSSR count). The molecule has 7 aromatic carbocycles. The number of nitrogens with zero attached hydrogens (tertiary/aromatic N) is 3. The number of para-hydroxylation sites is 2. The van der Waals surface area contributed by atoms with Crippen molar-refractivity contribution >= 4 is 65.0 Å². The Labute approximate surface area is 235 Å². The van der Waals surface area contributed by atoms with Gasteiger partial charge in [0.15, 0.2) is 0 Å². The summed E-state index contributed by atoms with van der Waals surface area (Å²) in [4.78, 5) is 10.6. The van der Waals surface area contributed by atoms with Crippen LogP contribution in [0.3, 0.4) is 0 Å². The predicted molar refractivity (Wildman–Crippen MR) is 172 cm³/mol. The second kappa shape index (κ2) is 8.48. The van der Waals surface area contributed by atoms with Gasteiger partial charge < -0.3 is 0 Å². The molecule has 0 amide bonds. The summed E-state index contributed by atoms with van der Waals surface area (Å²) in [7, 11) is 0. The van der Waals surface area contributed by atoms with Gasteiger partial charge in [-0.25, -0.2) is 9.97 Å². The molecule has 3 nitrogen and oxygen atoms in total. The van der Waals surface area contributed by atoms with E-state index in [9.17, 15) is 0 Å². The Morgan fingerprint density at radius 2 is 1.00 bits per heavy atom. The Hall–Kier alpha value is -5.54. The number of hydrogen-bond acceptors (Lipinski definition) is 2. The normalized spacial score (nSPS) is 11.9. The highest BCUT2D eigenvalue weighted by molar-refractivity contribution is 6.16. The standard InChI is InChI=1S/C38H23N3/c1-2-12-25-23-36-32(21-24(25)11-1)30-17-8-10-20-35(30)41(36)38-39-34-19-9-7-18-31(34)37(40-38)33-22-26-13-3-4-14-27(26)28-15-5-6-16-29(28)33/h1-23H. The molecule has 3 heteroatoms. The van der Waals surface area contributed by atoms with Crippen LogP contribution in [-0.2, 0) is 0 Å². The van der Waals surface area contributed by atoms with Crippen molar-refractivity contribution in [2.75, 3.05) is 0 Å². The molecule has 9 aromatic rings. The second-order valence-electron chi connectivity index (χ2n) is 10.6. The van der Waals surface area contributed by atoms with E-state index < -0.39 is 0 Å². The summed E-state index contributed by atoms with van der Waals surface area (Å²) in [6, 6.07) is 49.6. The van der Waals surface area contributed by atoms with E-state index in [1.165, 1.54) is 43.1 Å². The zero-order valence-electron chi connectivity index (χ0n) is 22.1. The highest BCUT2D eigenvalue weighted by atomic mass is 15.2. The average molecular weight is 522 g/mol. The molecule has 2 aromatic heterocycles. The lowest BCUT2D eigenvalue weighted by Gasteiger charge is -2.15. The van der Waals surface area contributed by atoms with Crippen LogP contribution in [0, 0.1) is 0 Å². The highest BCUT2D eigenvalue weighted by Crippen LogP contribution is 2.39. The van der Waals surface area contributed by atoms with Crippen molar-refractivity contribution in [1.29, 1.82) is 0 Å². The van der Waals surface area contributed by atoms with E-state index in [0.717, 1.165) is 33.2 Å². The summed E-state index contributed by atoms with van der Waals surface area (Å²) in [5, 5.41) is 10.7. The van der Waals surface area contributed by atoms with Gasteiger partial charge in [-0.2, -0.15) is 0 Å². The van der Waals surface area contributed by atoms with E-state index in [4.69, 9.17) is 9.97 Å². The van der Waals surface area contributed by atoms with Crippen LogP contribution in [0.25, 0.3) is 82.2 Å². The van der Waals surface area contributed by atoms with Gasteiger partial charge in [-0.05, 0) is 62.6 Å². The third kappa shape index (κ3) is 3.26. The van der Waals surface area contributed by atoms with Gasteiger partial charge in [0.25, 0.3) is 0 Å². The molecule has 0 N–H and O–H groups in total. The van der Waals surface area contributed by atoms with Crippen molar-refractivity contribution < 1.29 is 0 Å². The summed E-state index contributed by atoms with van der Waals surface area (Å²) < 4.78 is 2.23. The molecule has 0 radical (unpaired) electrons. The van der Waals surface area contributed by atoms with Crippen molar-refractivity contribution in [2.24, 2.45) is 0 Å². The number of rotatable bonds is 2. The van der Waals surface area contributed by atoms with E-state index >= 15 is 0 Å². The Bertz CT molecular complexity index is 2490. The van der Waals surface area contributed by atoms with E-state index in [0.29, 0.717) is 5.95 Å². The fourth-order valence-corrected chi connectivity index (χ4v) is 6.49. The lowest BCUT2D eigenvalue weighted by atomic mass is 9.94. The molecule has 0 aliphatic heterocycles. The maximum Gasteiger partial charge on any atom is 0.235 e. The minimum Gasteiger partial charge on any atom is -0.278 e. The minimum atomic E-state index is 0.678. The molecule has 41 heavy (non-hydrogen) atoms. The largest absolute Gasteiger partial charge is 0.278 e. The number of aromatic nitrogens is 3. The molecule has 0 spiro atoms. The van der Waals surface area contributed by atoms with Gasteiger partial charge in [-0.1, -0.05) is 109 Å². The monoisotopic (exact) mass is 521 g/mol. The first-order valence-corrected chi connectivity index (χ1v) is 13.9. The van der Waals surface area contributed by atoms with Gasteiger partial charge in [-0.3, -0.25) is 4.57 Å². The van der Waals surface area contributed by atoms with Crippen molar-refractivity contribution in [1.82, 2.24) is 14.5 Å². The lowest BCUT2D eigenvalue weighted by molar-refractivity contribution is 1.01. The maximum absolute atomic E-state index is 5.40. The lowest BCUT2D eigenvalue weighted by Crippen LogP contribution is -2.03. The fraction of sp³-hybridized carbons (Fsp3) is 0. The van der Waals surface area contributed by atoms with Gasteiger partial charge in [0.2, 0.25) is 5.95 Å². The Balaban J connectivity index is 1.43. The summed E-state index contributed by atoms with van der Waals surface area (Å²) in [5.74, 6) is 0.678. The van der Waals surface area contributed by atoms with Crippen LogP contribution in [0.15, 0.2) is 140 Å². The third-order valence-electron chi connectivity index (χ3n) is 8.35. The van der Waals surface area contributed by atoms with E-state index in [1.54, 1.807) is 0 Å². The average Bonchev–Trinajstić information content (AvgIpc) is 3.36. The summed E-state index contributed by atoms with van der Waals surface area (Å²) >= 11 is 0. The topological polar surface area (TPSA) is 30.7 Å². The first kappa shape index (κ1) is 22.3. The number of hydrogen-bond donors (Lipinski definition) is 0. The smallest absolute Gasteiger partial charge is 0.235 e. The molecule has 190 valence electrons. The predicted octanol–water partition coefficient (Wildman–Crippen LogP) is 9.85. The molecule has 0 fully saturated rings. The number of fused-ring (bicyclic) bond motifs is 8. The number of benzene rings is 7. The molecule has 0 aliphatic rings.